The van der Waals surface area contributed by atoms with Gasteiger partial charge in [0, 0.05) is 0 Å². The zero-order chi connectivity index (χ0) is 14.1. The molecule has 0 fully saturated rings. The molecule has 4 N–H and O–H groups in total. The van der Waals surface area contributed by atoms with Gasteiger partial charge < -0.3 is 15.4 Å². The summed E-state index contributed by atoms with van der Waals surface area (Å²) in [6.07, 6.45) is 0. The van der Waals surface area contributed by atoms with Crippen molar-refractivity contribution < 1.29 is 22.8 Å². The minimum Gasteiger partial charge on any atom is -0.480 e. The van der Waals surface area contributed by atoms with Gasteiger partial charge >= 0.3 is 5.97 Å². The van der Waals surface area contributed by atoms with Gasteiger partial charge in [-0.2, -0.15) is 4.72 Å². The van der Waals surface area contributed by atoms with Crippen LogP contribution in [0.15, 0.2) is 9.42 Å². The SMILES string of the molecule is Cc1onc(N)c1S(=O)(=O)NC(C(=O)O)C(C)C. The number of nitrogen functional groups attached to an aromatic ring is 1. The number of anilines is 1. The maximum atomic E-state index is 12.0. The third-order valence-corrected chi connectivity index (χ3v) is 3.92. The fraction of sp³-hybridized carbons (Fsp3) is 0.556. The second-order valence-electron chi connectivity index (χ2n) is 4.13. The van der Waals surface area contributed by atoms with E-state index in [1.54, 1.807) is 13.8 Å². The van der Waals surface area contributed by atoms with Crippen LogP contribution in [0.2, 0.25) is 0 Å². The second-order valence-corrected chi connectivity index (χ2v) is 5.79. The fourth-order valence-corrected chi connectivity index (χ4v) is 2.96. The fourth-order valence-electron chi connectivity index (χ4n) is 1.41. The van der Waals surface area contributed by atoms with E-state index in [4.69, 9.17) is 10.8 Å². The van der Waals surface area contributed by atoms with Crippen molar-refractivity contribution in [3.63, 3.8) is 0 Å². The second kappa shape index (κ2) is 4.94. The normalized spacial score (nSPS) is 13.8. The molecule has 0 saturated carbocycles. The maximum absolute atomic E-state index is 12.0. The molecule has 1 aromatic rings. The molecule has 0 aliphatic carbocycles. The summed E-state index contributed by atoms with van der Waals surface area (Å²) in [6, 6.07) is -1.25. The molecular weight excluding hydrogens is 262 g/mol. The molecule has 102 valence electrons. The van der Waals surface area contributed by atoms with Crippen LogP contribution in [0, 0.1) is 12.8 Å². The predicted molar refractivity (Wildman–Crippen MR) is 62.2 cm³/mol. The number of nitrogens with two attached hydrogens (primary N) is 1. The lowest BCUT2D eigenvalue weighted by Gasteiger charge is -2.17. The number of nitrogens with zero attached hydrogens (tertiary/aromatic N) is 1. The lowest BCUT2D eigenvalue weighted by atomic mass is 10.1. The van der Waals surface area contributed by atoms with Gasteiger partial charge in [0.15, 0.2) is 16.5 Å². The Morgan fingerprint density at radius 1 is 1.50 bits per heavy atom. The highest BCUT2D eigenvalue weighted by molar-refractivity contribution is 7.89. The lowest BCUT2D eigenvalue weighted by Crippen LogP contribution is -2.44. The van der Waals surface area contributed by atoms with Gasteiger partial charge in [0.25, 0.3) is 0 Å². The number of hydrogen-bond donors (Lipinski definition) is 3. The van der Waals surface area contributed by atoms with E-state index in [1.165, 1.54) is 6.92 Å². The Kier molecular flexibility index (Phi) is 3.97. The van der Waals surface area contributed by atoms with E-state index in [-0.39, 0.29) is 16.5 Å². The van der Waals surface area contributed by atoms with Gasteiger partial charge in [0.05, 0.1) is 0 Å². The molecule has 0 spiro atoms. The summed E-state index contributed by atoms with van der Waals surface area (Å²) >= 11 is 0. The van der Waals surface area contributed by atoms with Crippen LogP contribution in [0.25, 0.3) is 0 Å². The molecule has 0 aromatic carbocycles. The van der Waals surface area contributed by atoms with Crippen LogP contribution in [0.4, 0.5) is 5.82 Å². The molecule has 0 amide bonds. The van der Waals surface area contributed by atoms with Crippen molar-refractivity contribution in [2.24, 2.45) is 5.92 Å². The Bertz CT molecular complexity index is 529. The Morgan fingerprint density at radius 3 is 2.39 bits per heavy atom. The van der Waals surface area contributed by atoms with Crippen LogP contribution in [0.3, 0.4) is 0 Å². The van der Waals surface area contributed by atoms with E-state index < -0.39 is 28.0 Å². The first-order valence-electron chi connectivity index (χ1n) is 5.13. The topological polar surface area (TPSA) is 136 Å². The molecule has 18 heavy (non-hydrogen) atoms. The van der Waals surface area contributed by atoms with Gasteiger partial charge in [0.2, 0.25) is 10.0 Å². The summed E-state index contributed by atoms with van der Waals surface area (Å²) < 4.78 is 30.7. The number of nitrogens with one attached hydrogen (secondary N) is 1. The average molecular weight is 277 g/mol. The molecule has 0 aliphatic rings. The van der Waals surface area contributed by atoms with Crippen molar-refractivity contribution in [2.45, 2.75) is 31.7 Å². The van der Waals surface area contributed by atoms with Gasteiger partial charge in [-0.3, -0.25) is 4.79 Å². The number of aliphatic carboxylic acids is 1. The minimum absolute atomic E-state index is 0.00731. The lowest BCUT2D eigenvalue weighted by molar-refractivity contribution is -0.140. The zero-order valence-electron chi connectivity index (χ0n) is 10.2. The van der Waals surface area contributed by atoms with Gasteiger partial charge in [-0.15, -0.1) is 0 Å². The predicted octanol–water partition coefficient (Wildman–Crippen LogP) is -0.0473. The largest absolute Gasteiger partial charge is 0.480 e. The number of aromatic nitrogens is 1. The number of carboxylic acids is 1. The van der Waals surface area contributed by atoms with Crippen LogP contribution in [-0.4, -0.2) is 30.7 Å². The van der Waals surface area contributed by atoms with Crippen molar-refractivity contribution in [1.82, 2.24) is 9.88 Å². The number of hydrogen-bond acceptors (Lipinski definition) is 6. The van der Waals surface area contributed by atoms with Crippen LogP contribution in [-0.2, 0) is 14.8 Å². The first kappa shape index (κ1) is 14.5. The average Bonchev–Trinajstić information content (AvgIpc) is 2.54. The summed E-state index contributed by atoms with van der Waals surface area (Å²) in [6.45, 7) is 4.55. The monoisotopic (exact) mass is 277 g/mol. The van der Waals surface area contributed by atoms with Gasteiger partial charge in [-0.1, -0.05) is 19.0 Å². The third kappa shape index (κ3) is 2.79. The van der Waals surface area contributed by atoms with Crippen LogP contribution in [0.5, 0.6) is 0 Å². The van der Waals surface area contributed by atoms with Gasteiger partial charge in [-0.05, 0) is 12.8 Å². The Morgan fingerprint density at radius 2 is 2.06 bits per heavy atom. The molecule has 0 radical (unpaired) electrons. The summed E-state index contributed by atoms with van der Waals surface area (Å²) in [5.74, 6) is -1.97. The molecule has 1 heterocycles. The number of sulfonamides is 1. The summed E-state index contributed by atoms with van der Waals surface area (Å²) in [5, 5.41) is 12.3. The molecule has 1 unspecified atom stereocenters. The quantitative estimate of drug-likeness (QED) is 0.686. The Labute approximate surface area is 104 Å². The standard InChI is InChI=1S/C9H15N3O5S/c1-4(2)6(9(13)14)12-18(15,16)7-5(3)17-11-8(7)10/h4,6,12H,1-3H3,(H2,10,11)(H,13,14). The summed E-state index contributed by atoms with van der Waals surface area (Å²) in [7, 11) is -4.08. The number of aryl methyl sites for hydroxylation is 1. The molecule has 9 heteroatoms. The van der Waals surface area contributed by atoms with E-state index in [0.717, 1.165) is 0 Å². The first-order chi connectivity index (χ1) is 8.16. The van der Waals surface area contributed by atoms with Gasteiger partial charge in [-0.25, -0.2) is 8.42 Å². The molecule has 8 nitrogen and oxygen atoms in total. The summed E-state index contributed by atoms with van der Waals surface area (Å²) in [4.78, 5) is 10.6. The number of carboxylic acid groups (broad SMARTS) is 1. The van der Waals surface area contributed by atoms with E-state index >= 15 is 0 Å². The molecule has 1 rings (SSSR count). The molecule has 1 atom stereocenters. The van der Waals surface area contributed by atoms with Crippen LogP contribution >= 0.6 is 0 Å². The molecule has 0 bridgehead atoms. The molecule has 0 saturated heterocycles. The van der Waals surface area contributed by atoms with Crippen molar-refractivity contribution in [2.75, 3.05) is 5.73 Å². The van der Waals surface area contributed by atoms with Crippen LogP contribution in [0.1, 0.15) is 19.6 Å². The van der Waals surface area contributed by atoms with Crippen molar-refractivity contribution >= 4 is 21.8 Å². The van der Waals surface area contributed by atoms with E-state index in [9.17, 15) is 13.2 Å². The third-order valence-electron chi connectivity index (χ3n) is 2.32. The maximum Gasteiger partial charge on any atom is 0.322 e. The van der Waals surface area contributed by atoms with E-state index in [2.05, 4.69) is 14.4 Å². The van der Waals surface area contributed by atoms with E-state index in [0.29, 0.717) is 0 Å². The van der Waals surface area contributed by atoms with Crippen LogP contribution < -0.4 is 10.5 Å². The number of rotatable bonds is 5. The molecular formula is C9H15N3O5S. The highest BCUT2D eigenvalue weighted by atomic mass is 32.2. The van der Waals surface area contributed by atoms with Crippen molar-refractivity contribution in [3.05, 3.63) is 5.76 Å². The van der Waals surface area contributed by atoms with Crippen molar-refractivity contribution in [1.29, 1.82) is 0 Å². The number of carbonyl (C=O) groups is 1. The zero-order valence-corrected chi connectivity index (χ0v) is 11.0. The highest BCUT2D eigenvalue weighted by Crippen LogP contribution is 2.22. The Hall–Kier alpha value is -1.61. The minimum atomic E-state index is -4.08. The van der Waals surface area contributed by atoms with Crippen molar-refractivity contribution in [3.8, 4) is 0 Å². The molecule has 1 aromatic heterocycles. The Balaban J connectivity index is 3.13. The summed E-state index contributed by atoms with van der Waals surface area (Å²) in [5.41, 5.74) is 5.38. The first-order valence-corrected chi connectivity index (χ1v) is 6.62. The van der Waals surface area contributed by atoms with Gasteiger partial charge in [0.1, 0.15) is 6.04 Å². The smallest absolute Gasteiger partial charge is 0.322 e. The highest BCUT2D eigenvalue weighted by Gasteiger charge is 2.32. The van der Waals surface area contributed by atoms with E-state index in [1.807, 2.05) is 0 Å². The molecule has 0 aliphatic heterocycles.